The molecule has 0 radical (unpaired) electrons. The van der Waals surface area contributed by atoms with Crippen LogP contribution >= 0.6 is 15.9 Å². The lowest BCUT2D eigenvalue weighted by Crippen LogP contribution is -2.36. The van der Waals surface area contributed by atoms with Crippen LogP contribution in [0.2, 0.25) is 0 Å². The Hall–Kier alpha value is -3.04. The first kappa shape index (κ1) is 19.9. The second kappa shape index (κ2) is 7.90. The summed E-state index contributed by atoms with van der Waals surface area (Å²) in [5.74, 6) is 0.0290. The minimum atomic E-state index is -0.440. The maximum Gasteiger partial charge on any atom is 0.263 e. The van der Waals surface area contributed by atoms with Gasteiger partial charge in [0.05, 0.1) is 24.4 Å². The summed E-state index contributed by atoms with van der Waals surface area (Å²) < 4.78 is 28.3. The van der Waals surface area contributed by atoms with Crippen molar-refractivity contribution in [1.82, 2.24) is 14.7 Å². The molecule has 7 nitrogen and oxygen atoms in total. The van der Waals surface area contributed by atoms with E-state index < -0.39 is 5.82 Å². The van der Waals surface area contributed by atoms with Gasteiger partial charge in [0, 0.05) is 41.8 Å². The van der Waals surface area contributed by atoms with Crippen molar-refractivity contribution in [1.29, 1.82) is 0 Å². The van der Waals surface area contributed by atoms with Gasteiger partial charge in [0.1, 0.15) is 11.4 Å². The number of pyridine rings is 1. The van der Waals surface area contributed by atoms with Crippen molar-refractivity contribution in [3.05, 3.63) is 63.1 Å². The summed E-state index contributed by atoms with van der Waals surface area (Å²) in [7, 11) is 1.80. The molecule has 5 rings (SSSR count). The number of ether oxygens (including phenoxy) is 1. The second-order valence-electron chi connectivity index (χ2n) is 7.33. The molecule has 0 aliphatic carbocycles. The highest BCUT2D eigenvalue weighted by Gasteiger charge is 2.21. The Balaban J connectivity index is 1.58. The summed E-state index contributed by atoms with van der Waals surface area (Å²) in [4.78, 5) is 19.5. The Morgan fingerprint density at radius 3 is 2.61 bits per heavy atom. The molecule has 0 spiro atoms. The van der Waals surface area contributed by atoms with Crippen LogP contribution in [0.15, 0.2) is 56.4 Å². The van der Waals surface area contributed by atoms with Crippen LogP contribution in [-0.2, 0) is 11.8 Å². The molecule has 0 bridgehead atoms. The van der Waals surface area contributed by atoms with Crippen molar-refractivity contribution in [2.75, 3.05) is 31.2 Å². The van der Waals surface area contributed by atoms with Crippen LogP contribution in [0, 0.1) is 5.82 Å². The van der Waals surface area contributed by atoms with E-state index in [1.165, 1.54) is 6.07 Å². The molecule has 3 heterocycles. The Labute approximate surface area is 185 Å². The number of benzene rings is 2. The van der Waals surface area contributed by atoms with Crippen molar-refractivity contribution in [2.24, 2.45) is 7.05 Å². The summed E-state index contributed by atoms with van der Waals surface area (Å²) in [6.07, 6.45) is 1.64. The Morgan fingerprint density at radius 2 is 1.87 bits per heavy atom. The van der Waals surface area contributed by atoms with E-state index in [0.29, 0.717) is 43.3 Å². The highest BCUT2D eigenvalue weighted by Crippen LogP contribution is 2.28. The van der Waals surface area contributed by atoms with Crippen LogP contribution in [0.5, 0.6) is 0 Å². The van der Waals surface area contributed by atoms with Gasteiger partial charge in [0.2, 0.25) is 11.3 Å². The van der Waals surface area contributed by atoms with Crippen molar-refractivity contribution < 1.29 is 13.7 Å². The fraction of sp³-hybridized carbons (Fsp3) is 0.227. The molecule has 0 atom stereocenters. The van der Waals surface area contributed by atoms with E-state index in [-0.39, 0.29) is 22.3 Å². The van der Waals surface area contributed by atoms with Gasteiger partial charge in [-0.3, -0.25) is 4.79 Å². The molecule has 31 heavy (non-hydrogen) atoms. The van der Waals surface area contributed by atoms with Crippen molar-refractivity contribution in [3.8, 4) is 22.8 Å². The van der Waals surface area contributed by atoms with Gasteiger partial charge in [0.25, 0.3) is 5.89 Å². The average molecular weight is 485 g/mol. The van der Waals surface area contributed by atoms with E-state index >= 15 is 0 Å². The van der Waals surface area contributed by atoms with Gasteiger partial charge < -0.3 is 18.7 Å². The van der Waals surface area contributed by atoms with Gasteiger partial charge in [0.15, 0.2) is 0 Å². The van der Waals surface area contributed by atoms with Crippen LogP contribution in [0.25, 0.3) is 33.7 Å². The van der Waals surface area contributed by atoms with Gasteiger partial charge >= 0.3 is 0 Å². The van der Waals surface area contributed by atoms with Crippen LogP contribution in [-0.4, -0.2) is 41.0 Å². The number of morpholine rings is 1. The van der Waals surface area contributed by atoms with Crippen LogP contribution in [0.4, 0.5) is 10.1 Å². The molecule has 2 aromatic carbocycles. The molecule has 0 unspecified atom stereocenters. The van der Waals surface area contributed by atoms with Crippen LogP contribution < -0.4 is 10.3 Å². The van der Waals surface area contributed by atoms with E-state index in [4.69, 9.17) is 9.26 Å². The Bertz CT molecular complexity index is 1330. The third-order valence-electron chi connectivity index (χ3n) is 5.37. The van der Waals surface area contributed by atoms with Crippen molar-refractivity contribution in [2.45, 2.75) is 0 Å². The maximum atomic E-state index is 14.9. The number of halogens is 2. The zero-order valence-electron chi connectivity index (χ0n) is 16.6. The quantitative estimate of drug-likeness (QED) is 0.437. The number of fused-ring (bicyclic) bond motifs is 1. The lowest BCUT2D eigenvalue weighted by molar-refractivity contribution is 0.122. The van der Waals surface area contributed by atoms with E-state index in [1.807, 2.05) is 29.2 Å². The zero-order chi connectivity index (χ0) is 21.5. The SMILES string of the molecule is Cn1cc(-c2nc(-c3ccc(Br)cc3)no2)c(=O)c2cc(F)c(N3CCOCC3)cc21. The number of hydrogen-bond donors (Lipinski definition) is 0. The molecular formula is C22H18BrFN4O3. The zero-order valence-corrected chi connectivity index (χ0v) is 18.2. The molecular weight excluding hydrogens is 467 g/mol. The maximum absolute atomic E-state index is 14.9. The minimum absolute atomic E-state index is 0.0954. The standard InChI is InChI=1S/C22H18BrFN4O3/c1-27-12-16(22-25-21(26-31-22)13-2-4-14(23)5-3-13)20(29)15-10-17(24)19(11-18(15)27)28-6-8-30-9-7-28/h2-5,10-12H,6-9H2,1H3. The van der Waals surface area contributed by atoms with Crippen molar-refractivity contribution in [3.63, 3.8) is 0 Å². The molecule has 1 aliphatic heterocycles. The number of rotatable bonds is 3. The Kier molecular flexibility index (Phi) is 5.07. The number of hydrogen-bond acceptors (Lipinski definition) is 6. The lowest BCUT2D eigenvalue weighted by Gasteiger charge is -2.29. The summed E-state index contributed by atoms with van der Waals surface area (Å²) in [5.41, 5.74) is 1.73. The third-order valence-corrected chi connectivity index (χ3v) is 5.90. The highest BCUT2D eigenvalue weighted by molar-refractivity contribution is 9.10. The largest absolute Gasteiger partial charge is 0.378 e. The molecule has 1 saturated heterocycles. The first-order valence-electron chi connectivity index (χ1n) is 9.77. The molecule has 0 amide bonds. The monoisotopic (exact) mass is 484 g/mol. The van der Waals surface area contributed by atoms with E-state index in [2.05, 4.69) is 26.1 Å². The molecule has 158 valence electrons. The fourth-order valence-corrected chi connectivity index (χ4v) is 4.00. The molecule has 0 saturated carbocycles. The molecule has 2 aromatic heterocycles. The van der Waals surface area contributed by atoms with Crippen LogP contribution in [0.3, 0.4) is 0 Å². The number of aromatic nitrogens is 3. The molecule has 0 N–H and O–H groups in total. The van der Waals surface area contributed by atoms with E-state index in [9.17, 15) is 9.18 Å². The highest BCUT2D eigenvalue weighted by atomic mass is 79.9. The normalized spacial score (nSPS) is 14.4. The second-order valence-corrected chi connectivity index (χ2v) is 8.25. The number of aryl methyl sites for hydroxylation is 1. The van der Waals surface area contributed by atoms with Gasteiger partial charge in [-0.15, -0.1) is 0 Å². The molecule has 4 aromatic rings. The predicted molar refractivity (Wildman–Crippen MR) is 119 cm³/mol. The minimum Gasteiger partial charge on any atom is -0.378 e. The van der Waals surface area contributed by atoms with Gasteiger partial charge in [-0.05, 0) is 36.4 Å². The predicted octanol–water partition coefficient (Wildman–Crippen LogP) is 3.99. The lowest BCUT2D eigenvalue weighted by atomic mass is 10.1. The van der Waals surface area contributed by atoms with Gasteiger partial charge in [-0.2, -0.15) is 4.98 Å². The van der Waals surface area contributed by atoms with Crippen LogP contribution in [0.1, 0.15) is 0 Å². The number of nitrogens with zero attached hydrogens (tertiary/aromatic N) is 4. The molecule has 9 heteroatoms. The fourth-order valence-electron chi connectivity index (χ4n) is 3.74. The van der Waals surface area contributed by atoms with E-state index in [1.54, 1.807) is 23.9 Å². The summed E-state index contributed by atoms with van der Waals surface area (Å²) >= 11 is 3.39. The number of anilines is 1. The first-order valence-corrected chi connectivity index (χ1v) is 10.6. The summed E-state index contributed by atoms with van der Waals surface area (Å²) in [6, 6.07) is 10.4. The average Bonchev–Trinajstić information content (AvgIpc) is 3.27. The van der Waals surface area contributed by atoms with E-state index in [0.717, 1.165) is 10.0 Å². The Morgan fingerprint density at radius 1 is 1.13 bits per heavy atom. The summed E-state index contributed by atoms with van der Waals surface area (Å²) in [6.45, 7) is 2.31. The first-order chi connectivity index (χ1) is 15.0. The van der Waals surface area contributed by atoms with Gasteiger partial charge in [-0.1, -0.05) is 21.1 Å². The molecule has 1 fully saturated rings. The van der Waals surface area contributed by atoms with Crippen molar-refractivity contribution >= 4 is 32.5 Å². The topological polar surface area (TPSA) is 73.4 Å². The smallest absolute Gasteiger partial charge is 0.263 e. The molecule has 1 aliphatic rings. The third kappa shape index (κ3) is 3.64. The van der Waals surface area contributed by atoms with Gasteiger partial charge in [-0.25, -0.2) is 4.39 Å². The summed E-state index contributed by atoms with van der Waals surface area (Å²) in [5, 5.41) is 4.26.